The molecule has 10 heteroatoms. The third kappa shape index (κ3) is 8.39. The molecule has 0 bridgehead atoms. The monoisotopic (exact) mass is 592 g/mol. The van der Waals surface area contributed by atoms with E-state index in [4.69, 9.17) is 0 Å². The van der Waals surface area contributed by atoms with Crippen LogP contribution in [0.2, 0.25) is 0 Å². The number of nitrogens with one attached hydrogen (secondary N) is 1. The Kier molecular flexibility index (Phi) is 11.8. The first-order valence-corrected chi connectivity index (χ1v) is 16.9. The van der Waals surface area contributed by atoms with E-state index in [0.29, 0.717) is 17.2 Å². The predicted molar refractivity (Wildman–Crippen MR) is 164 cm³/mol. The number of anilines is 2. The Morgan fingerprint density at radius 1 is 1.02 bits per heavy atom. The van der Waals surface area contributed by atoms with Gasteiger partial charge in [-0.1, -0.05) is 57.7 Å². The number of para-hydroxylation sites is 1. The second-order valence-electron chi connectivity index (χ2n) is 10.8. The largest absolute Gasteiger partial charge is 0.481 e. The number of rotatable bonds is 15. The smallest absolute Gasteiger partial charge is 0.304 e. The van der Waals surface area contributed by atoms with Crippen molar-refractivity contribution in [1.82, 2.24) is 5.32 Å². The molecular formula is C30H44N2O6S2. The van der Waals surface area contributed by atoms with Crippen LogP contribution in [0.15, 0.2) is 52.3 Å². The van der Waals surface area contributed by atoms with E-state index < -0.39 is 28.6 Å². The summed E-state index contributed by atoms with van der Waals surface area (Å²) in [5.41, 5.74) is 2.29. The summed E-state index contributed by atoms with van der Waals surface area (Å²) < 4.78 is 23.7. The second kappa shape index (κ2) is 14.6. The number of carboxylic acid groups (broad SMARTS) is 2. The average molecular weight is 593 g/mol. The van der Waals surface area contributed by atoms with Crippen molar-refractivity contribution in [2.75, 3.05) is 23.5 Å². The lowest BCUT2D eigenvalue weighted by atomic mass is 9.79. The molecule has 0 fully saturated rings. The van der Waals surface area contributed by atoms with E-state index in [9.17, 15) is 28.9 Å². The minimum absolute atomic E-state index is 0.215. The average Bonchev–Trinajstić information content (AvgIpc) is 3.00. The number of benzene rings is 2. The highest BCUT2D eigenvalue weighted by atomic mass is 32.3. The summed E-state index contributed by atoms with van der Waals surface area (Å²) in [6.07, 6.45) is 7.22. The fraction of sp³-hybridized carbons (Fsp3) is 0.533. The van der Waals surface area contributed by atoms with Crippen molar-refractivity contribution >= 4 is 45.7 Å². The van der Waals surface area contributed by atoms with Gasteiger partial charge in [0.2, 0.25) is 0 Å². The van der Waals surface area contributed by atoms with Gasteiger partial charge in [-0.15, -0.1) is 11.8 Å². The van der Waals surface area contributed by atoms with Gasteiger partial charge in [-0.25, -0.2) is 0 Å². The van der Waals surface area contributed by atoms with Crippen LogP contribution in [0, 0.1) is 5.41 Å². The summed E-state index contributed by atoms with van der Waals surface area (Å²) in [7, 11) is -3.18. The van der Waals surface area contributed by atoms with E-state index in [1.165, 1.54) is 11.8 Å². The predicted octanol–water partition coefficient (Wildman–Crippen LogP) is 7.44. The quantitative estimate of drug-likeness (QED) is 0.134. The van der Waals surface area contributed by atoms with Crippen LogP contribution in [-0.4, -0.2) is 55.9 Å². The summed E-state index contributed by atoms with van der Waals surface area (Å²) in [5.74, 6) is -1.86. The molecule has 0 aliphatic carbocycles. The van der Waals surface area contributed by atoms with Gasteiger partial charge in [0.05, 0.1) is 23.4 Å². The molecule has 0 unspecified atom stereocenters. The summed E-state index contributed by atoms with van der Waals surface area (Å²) in [6, 6.07) is 13.2. The molecule has 5 N–H and O–H groups in total. The molecular weight excluding hydrogens is 548 g/mol. The number of aliphatic carboxylic acids is 2. The zero-order valence-electron chi connectivity index (χ0n) is 23.8. The molecule has 2 aromatic carbocycles. The number of nitrogens with zero attached hydrogens (tertiary/aromatic N) is 1. The Hall–Kier alpha value is -2.24. The Balaban J connectivity index is 2.12. The number of thioether (sulfide) groups is 1. The Morgan fingerprint density at radius 3 is 2.15 bits per heavy atom. The van der Waals surface area contributed by atoms with Crippen molar-refractivity contribution in [1.29, 1.82) is 0 Å². The Bertz CT molecular complexity index is 1120. The van der Waals surface area contributed by atoms with E-state index in [1.807, 2.05) is 36.6 Å². The van der Waals surface area contributed by atoms with Gasteiger partial charge in [0.1, 0.15) is 0 Å². The molecule has 3 rings (SSSR count). The number of hydrogen-bond donors (Lipinski definition) is 5. The molecule has 0 saturated heterocycles. The van der Waals surface area contributed by atoms with E-state index in [1.54, 1.807) is 0 Å². The normalized spacial score (nSPS) is 16.8. The summed E-state index contributed by atoms with van der Waals surface area (Å²) in [5, 5.41) is 21.6. The topological polar surface area (TPSA) is 130 Å². The van der Waals surface area contributed by atoms with Crippen molar-refractivity contribution < 1.29 is 28.9 Å². The number of carboxylic acids is 2. The van der Waals surface area contributed by atoms with Crippen molar-refractivity contribution in [3.8, 4) is 0 Å². The van der Waals surface area contributed by atoms with E-state index in [-0.39, 0.29) is 24.8 Å². The van der Waals surface area contributed by atoms with Gasteiger partial charge in [0, 0.05) is 40.9 Å². The molecule has 8 nitrogen and oxygen atoms in total. The summed E-state index contributed by atoms with van der Waals surface area (Å²) in [4.78, 5) is 26.3. The van der Waals surface area contributed by atoms with Gasteiger partial charge in [-0.2, -0.15) is 10.6 Å². The Labute approximate surface area is 243 Å². The maximum atomic E-state index is 11.8. The SMILES string of the molecule is CCCCC1(CCCC)CN(c2ccccc2)c2cc(SC)c(CNC(CC(=O)O)CC(=O)O)cc2S(O)(O)C1. The highest BCUT2D eigenvalue weighted by Crippen LogP contribution is 2.61. The van der Waals surface area contributed by atoms with Crippen LogP contribution < -0.4 is 10.2 Å². The molecule has 0 amide bonds. The molecule has 0 aromatic heterocycles. The van der Waals surface area contributed by atoms with Crippen LogP contribution in [0.1, 0.15) is 70.8 Å². The number of carbonyl (C=O) groups is 2. The fourth-order valence-electron chi connectivity index (χ4n) is 5.62. The molecule has 0 atom stereocenters. The third-order valence-electron chi connectivity index (χ3n) is 7.62. The lowest BCUT2D eigenvalue weighted by Gasteiger charge is -2.42. The van der Waals surface area contributed by atoms with Crippen molar-refractivity contribution in [3.63, 3.8) is 0 Å². The van der Waals surface area contributed by atoms with Crippen LogP contribution in [0.3, 0.4) is 0 Å². The first-order chi connectivity index (χ1) is 19.0. The third-order valence-corrected chi connectivity index (χ3v) is 10.5. The fourth-order valence-corrected chi connectivity index (χ4v) is 8.47. The molecule has 0 spiro atoms. The van der Waals surface area contributed by atoms with Gasteiger partial charge in [0.15, 0.2) is 0 Å². The van der Waals surface area contributed by atoms with Crippen LogP contribution in [0.5, 0.6) is 0 Å². The van der Waals surface area contributed by atoms with E-state index in [0.717, 1.165) is 60.4 Å². The van der Waals surface area contributed by atoms with Gasteiger partial charge in [0.25, 0.3) is 0 Å². The molecule has 1 heterocycles. The highest BCUT2D eigenvalue weighted by molar-refractivity contribution is 8.24. The molecule has 1 aliphatic rings. The lowest BCUT2D eigenvalue weighted by molar-refractivity contribution is -0.139. The van der Waals surface area contributed by atoms with Crippen LogP contribution in [0.4, 0.5) is 11.4 Å². The highest BCUT2D eigenvalue weighted by Gasteiger charge is 2.42. The van der Waals surface area contributed by atoms with E-state index >= 15 is 0 Å². The van der Waals surface area contributed by atoms with Crippen LogP contribution in [-0.2, 0) is 16.1 Å². The van der Waals surface area contributed by atoms with Gasteiger partial charge in [-0.05, 0) is 48.9 Å². The van der Waals surface area contributed by atoms with Crippen molar-refractivity contribution in [2.24, 2.45) is 5.41 Å². The van der Waals surface area contributed by atoms with Crippen molar-refractivity contribution in [2.45, 2.75) is 87.6 Å². The zero-order chi connectivity index (χ0) is 29.3. The maximum absolute atomic E-state index is 11.8. The first-order valence-electron chi connectivity index (χ1n) is 14.0. The van der Waals surface area contributed by atoms with Crippen molar-refractivity contribution in [3.05, 3.63) is 48.0 Å². The summed E-state index contributed by atoms with van der Waals surface area (Å²) in [6.45, 7) is 5.23. The number of hydrogen-bond acceptors (Lipinski definition) is 7. The Morgan fingerprint density at radius 2 is 1.62 bits per heavy atom. The lowest BCUT2D eigenvalue weighted by Crippen LogP contribution is -2.37. The van der Waals surface area contributed by atoms with Crippen LogP contribution >= 0.6 is 22.4 Å². The first kappa shape index (κ1) is 32.3. The molecule has 2 aromatic rings. The molecule has 40 heavy (non-hydrogen) atoms. The van der Waals surface area contributed by atoms with Gasteiger partial charge >= 0.3 is 11.9 Å². The van der Waals surface area contributed by atoms with Crippen LogP contribution in [0.25, 0.3) is 0 Å². The van der Waals surface area contributed by atoms with Gasteiger partial charge in [-0.3, -0.25) is 18.7 Å². The second-order valence-corrected chi connectivity index (χ2v) is 13.8. The zero-order valence-corrected chi connectivity index (χ0v) is 25.4. The standard InChI is InChI=1S/C30H44N2O6S2/c1-4-6-13-30(14-7-5-2)20-32(24-11-9-8-10-12-24)25-18-26(39-3)22(15-27(25)40(37,38)21-30)19-31-23(16-28(33)34)17-29(35)36/h8-12,15,18,23,31,37-38H,4-7,13-14,16-17,19-21H2,1-3H3,(H,33,34)(H,35,36). The molecule has 0 saturated carbocycles. The molecule has 222 valence electrons. The maximum Gasteiger partial charge on any atom is 0.304 e. The molecule has 1 aliphatic heterocycles. The minimum atomic E-state index is -3.18. The summed E-state index contributed by atoms with van der Waals surface area (Å²) >= 11 is 1.53. The van der Waals surface area contributed by atoms with Gasteiger partial charge < -0.3 is 20.4 Å². The number of fused-ring (bicyclic) bond motifs is 1. The minimum Gasteiger partial charge on any atom is -0.481 e. The number of unbranched alkanes of at least 4 members (excludes halogenated alkanes) is 2. The van der Waals surface area contributed by atoms with E-state index in [2.05, 4.69) is 36.2 Å². The molecule has 0 radical (unpaired) electrons.